The van der Waals surface area contributed by atoms with Crippen molar-refractivity contribution in [3.8, 4) is 11.3 Å². The van der Waals surface area contributed by atoms with E-state index in [4.69, 9.17) is 4.52 Å². The molecule has 0 radical (unpaired) electrons. The number of hydrogen-bond donors (Lipinski definition) is 1. The van der Waals surface area contributed by atoms with Gasteiger partial charge in [-0.05, 0) is 49.4 Å². The number of aromatic nitrogens is 1. The second-order valence-corrected chi connectivity index (χ2v) is 7.06. The van der Waals surface area contributed by atoms with Gasteiger partial charge in [0.1, 0.15) is 17.6 Å². The van der Waals surface area contributed by atoms with Crippen LogP contribution in [0.1, 0.15) is 37.9 Å². The molecule has 0 amide bonds. The number of aliphatic carboxylic acids is 1. The van der Waals surface area contributed by atoms with Crippen LogP contribution >= 0.6 is 0 Å². The summed E-state index contributed by atoms with van der Waals surface area (Å²) < 4.78 is 18.5. The third kappa shape index (κ3) is 3.18. The van der Waals surface area contributed by atoms with Crippen LogP contribution in [-0.2, 0) is 11.3 Å². The molecule has 3 atom stereocenters. The van der Waals surface area contributed by atoms with E-state index in [0.29, 0.717) is 30.0 Å². The first-order valence-corrected chi connectivity index (χ1v) is 8.82. The van der Waals surface area contributed by atoms with Gasteiger partial charge in [-0.2, -0.15) is 0 Å². The minimum absolute atomic E-state index is 0.294. The number of benzene rings is 1. The van der Waals surface area contributed by atoms with Crippen LogP contribution in [0.25, 0.3) is 11.3 Å². The Balaban J connectivity index is 1.54. The number of carboxylic acids is 1. The highest BCUT2D eigenvalue weighted by Crippen LogP contribution is 2.40. The highest BCUT2D eigenvalue weighted by molar-refractivity contribution is 5.74. The zero-order valence-corrected chi connectivity index (χ0v) is 13.9. The van der Waals surface area contributed by atoms with Crippen molar-refractivity contribution in [1.29, 1.82) is 0 Å². The second-order valence-electron chi connectivity index (χ2n) is 7.06. The summed E-state index contributed by atoms with van der Waals surface area (Å²) in [5.74, 6) is 0.0657. The molecule has 1 aliphatic carbocycles. The number of hydrogen-bond acceptors (Lipinski definition) is 4. The first-order valence-electron chi connectivity index (χ1n) is 8.82. The lowest BCUT2D eigenvalue weighted by Crippen LogP contribution is -2.41. The van der Waals surface area contributed by atoms with Gasteiger partial charge in [0.2, 0.25) is 0 Å². The Morgan fingerprint density at radius 3 is 2.80 bits per heavy atom. The molecule has 1 aliphatic heterocycles. The summed E-state index contributed by atoms with van der Waals surface area (Å²) in [6, 6.07) is 7.77. The predicted molar refractivity (Wildman–Crippen MR) is 89.2 cm³/mol. The van der Waals surface area contributed by atoms with Gasteiger partial charge in [0.05, 0.1) is 6.54 Å². The van der Waals surface area contributed by atoms with Crippen molar-refractivity contribution in [2.24, 2.45) is 5.92 Å². The van der Waals surface area contributed by atoms with Gasteiger partial charge in [-0.25, -0.2) is 4.39 Å². The van der Waals surface area contributed by atoms with Crippen LogP contribution in [-0.4, -0.2) is 33.2 Å². The van der Waals surface area contributed by atoms with Crippen LogP contribution in [0, 0.1) is 11.7 Å². The summed E-state index contributed by atoms with van der Waals surface area (Å²) in [7, 11) is 0. The number of halogens is 1. The molecule has 1 N–H and O–H groups in total. The van der Waals surface area contributed by atoms with Crippen LogP contribution in [0.15, 0.2) is 34.9 Å². The van der Waals surface area contributed by atoms with Gasteiger partial charge in [-0.3, -0.25) is 9.69 Å². The fourth-order valence-electron chi connectivity index (χ4n) is 4.35. The molecule has 0 spiro atoms. The van der Waals surface area contributed by atoms with E-state index in [1.54, 1.807) is 12.1 Å². The highest BCUT2D eigenvalue weighted by atomic mass is 19.1. The fourth-order valence-corrected chi connectivity index (χ4v) is 4.35. The lowest BCUT2D eigenvalue weighted by Gasteiger charge is -2.32. The summed E-state index contributed by atoms with van der Waals surface area (Å²) in [6.07, 6.45) is 5.23. The number of carboxylic acid groups (broad SMARTS) is 1. The van der Waals surface area contributed by atoms with E-state index in [-0.39, 0.29) is 5.82 Å². The first-order chi connectivity index (χ1) is 12.1. The third-order valence-corrected chi connectivity index (χ3v) is 5.54. The van der Waals surface area contributed by atoms with E-state index in [2.05, 4.69) is 10.1 Å². The molecule has 1 aromatic carbocycles. The maximum absolute atomic E-state index is 13.0. The van der Waals surface area contributed by atoms with Crippen molar-refractivity contribution in [1.82, 2.24) is 10.1 Å². The van der Waals surface area contributed by atoms with Gasteiger partial charge in [0.15, 0.2) is 5.76 Å². The second kappa shape index (κ2) is 6.59. The van der Waals surface area contributed by atoms with Crippen molar-refractivity contribution in [2.75, 3.05) is 0 Å². The molecule has 25 heavy (non-hydrogen) atoms. The van der Waals surface area contributed by atoms with E-state index in [0.717, 1.165) is 31.2 Å². The molecular formula is C19H21FN2O3. The monoisotopic (exact) mass is 344 g/mol. The number of rotatable bonds is 4. The topological polar surface area (TPSA) is 66.6 Å². The van der Waals surface area contributed by atoms with E-state index in [1.807, 2.05) is 6.07 Å². The number of fused-ring (bicyclic) bond motifs is 1. The fraction of sp³-hybridized carbons (Fsp3) is 0.474. The molecule has 4 rings (SSSR count). The molecule has 2 aromatic rings. The molecule has 2 fully saturated rings. The Labute approximate surface area is 145 Å². The van der Waals surface area contributed by atoms with Crippen LogP contribution in [0.4, 0.5) is 4.39 Å². The van der Waals surface area contributed by atoms with Crippen molar-refractivity contribution in [2.45, 2.75) is 50.7 Å². The van der Waals surface area contributed by atoms with Crippen molar-refractivity contribution in [3.05, 3.63) is 41.9 Å². The molecule has 3 unspecified atom stereocenters. The predicted octanol–water partition coefficient (Wildman–Crippen LogP) is 3.70. The Bertz CT molecular complexity index is 758. The first kappa shape index (κ1) is 16.3. The molecule has 1 saturated heterocycles. The van der Waals surface area contributed by atoms with E-state index < -0.39 is 12.0 Å². The minimum Gasteiger partial charge on any atom is -0.480 e. The van der Waals surface area contributed by atoms with Gasteiger partial charge in [-0.15, -0.1) is 0 Å². The number of likely N-dealkylation sites (tertiary alicyclic amines) is 1. The van der Waals surface area contributed by atoms with Crippen molar-refractivity contribution < 1.29 is 18.8 Å². The van der Waals surface area contributed by atoms with Crippen LogP contribution in [0.5, 0.6) is 0 Å². The summed E-state index contributed by atoms with van der Waals surface area (Å²) in [5, 5.41) is 13.7. The van der Waals surface area contributed by atoms with Gasteiger partial charge < -0.3 is 9.63 Å². The molecule has 2 aliphatic rings. The molecule has 1 saturated carbocycles. The Kier molecular flexibility index (Phi) is 4.29. The van der Waals surface area contributed by atoms with E-state index in [9.17, 15) is 14.3 Å². The lowest BCUT2D eigenvalue weighted by atomic mass is 9.85. The maximum Gasteiger partial charge on any atom is 0.320 e. The molecular weight excluding hydrogens is 323 g/mol. The van der Waals surface area contributed by atoms with Gasteiger partial charge >= 0.3 is 5.97 Å². The average molecular weight is 344 g/mol. The standard InChI is InChI=1S/C19H21FN2O3/c20-14-7-5-12(6-8-14)16-10-15(25-21-16)11-22-17-4-2-1-3-13(17)9-18(22)19(23)24/h5-8,10,13,17-18H,1-4,9,11H2,(H,23,24). The highest BCUT2D eigenvalue weighted by Gasteiger charge is 2.45. The minimum atomic E-state index is -0.757. The maximum atomic E-state index is 13.0. The summed E-state index contributed by atoms with van der Waals surface area (Å²) in [5.41, 5.74) is 1.42. The number of carbonyl (C=O) groups is 1. The zero-order valence-electron chi connectivity index (χ0n) is 13.9. The largest absolute Gasteiger partial charge is 0.480 e. The Morgan fingerprint density at radius 2 is 2.04 bits per heavy atom. The van der Waals surface area contributed by atoms with Crippen molar-refractivity contribution >= 4 is 5.97 Å². The van der Waals surface area contributed by atoms with Gasteiger partial charge in [0.25, 0.3) is 0 Å². The van der Waals surface area contributed by atoms with Crippen LogP contribution in [0.3, 0.4) is 0 Å². The van der Waals surface area contributed by atoms with Crippen LogP contribution in [0.2, 0.25) is 0 Å². The lowest BCUT2D eigenvalue weighted by molar-refractivity contribution is -0.143. The summed E-state index contributed by atoms with van der Waals surface area (Å²) in [6.45, 7) is 0.451. The molecule has 5 nitrogen and oxygen atoms in total. The smallest absolute Gasteiger partial charge is 0.320 e. The van der Waals surface area contributed by atoms with E-state index >= 15 is 0 Å². The molecule has 6 heteroatoms. The van der Waals surface area contributed by atoms with Crippen LogP contribution < -0.4 is 0 Å². The van der Waals surface area contributed by atoms with Gasteiger partial charge in [-0.1, -0.05) is 18.0 Å². The summed E-state index contributed by atoms with van der Waals surface area (Å²) in [4.78, 5) is 13.8. The normalized spacial score (nSPS) is 26.5. The Morgan fingerprint density at radius 1 is 1.28 bits per heavy atom. The van der Waals surface area contributed by atoms with Gasteiger partial charge in [0, 0.05) is 17.7 Å². The molecule has 0 bridgehead atoms. The summed E-state index contributed by atoms with van der Waals surface area (Å²) >= 11 is 0. The Hall–Kier alpha value is -2.21. The van der Waals surface area contributed by atoms with E-state index in [1.165, 1.54) is 18.6 Å². The quantitative estimate of drug-likeness (QED) is 0.916. The van der Waals surface area contributed by atoms with Crippen molar-refractivity contribution in [3.63, 3.8) is 0 Å². The SMILES string of the molecule is O=C(O)C1CC2CCCCC2N1Cc1cc(-c2ccc(F)cc2)no1. The molecule has 132 valence electrons. The third-order valence-electron chi connectivity index (χ3n) is 5.54. The molecule has 2 heterocycles. The number of nitrogens with zero attached hydrogens (tertiary/aromatic N) is 2. The zero-order chi connectivity index (χ0) is 17.4. The average Bonchev–Trinajstić information content (AvgIpc) is 3.21. The molecule has 1 aromatic heterocycles.